The summed E-state index contributed by atoms with van der Waals surface area (Å²) in [6.45, 7) is 1.88. The molecule has 2 aromatic carbocycles. The number of halogens is 1. The fourth-order valence-electron chi connectivity index (χ4n) is 2.76. The van der Waals surface area contributed by atoms with E-state index in [-0.39, 0.29) is 17.1 Å². The number of sulfone groups is 1. The van der Waals surface area contributed by atoms with Crippen molar-refractivity contribution in [3.63, 3.8) is 0 Å². The number of benzene rings is 2. The topological polar surface area (TPSA) is 54.4 Å². The molecule has 3 nitrogen and oxygen atoms in total. The quantitative estimate of drug-likeness (QED) is 0.878. The van der Waals surface area contributed by atoms with E-state index in [0.717, 1.165) is 5.56 Å². The number of fused-ring (bicyclic) bond motifs is 1. The van der Waals surface area contributed by atoms with Gasteiger partial charge in [0.15, 0.2) is 9.84 Å². The monoisotopic (exact) mass is 322 g/mol. The lowest BCUT2D eigenvalue weighted by molar-refractivity contribution is 0.0718. The first-order valence-corrected chi connectivity index (χ1v) is 8.69. The zero-order valence-corrected chi connectivity index (χ0v) is 13.1. The molecular weight excluding hydrogens is 308 g/mol. The standard InChI is InChI=1S/C16H15ClO3S/c1-11-6-7-12(10-14(11)17)16(18)8-9-21(19,20)15-5-3-2-4-13(15)16/h2-7,10,18H,8-9H2,1H3. The summed E-state index contributed by atoms with van der Waals surface area (Å²) >= 11 is 6.15. The van der Waals surface area contributed by atoms with Crippen LogP contribution in [0.4, 0.5) is 0 Å². The molecule has 0 amide bonds. The Hall–Kier alpha value is -1.36. The van der Waals surface area contributed by atoms with Crippen LogP contribution in [0.2, 0.25) is 5.02 Å². The molecule has 0 saturated heterocycles. The average Bonchev–Trinajstić information content (AvgIpc) is 2.47. The van der Waals surface area contributed by atoms with Crippen molar-refractivity contribution in [1.82, 2.24) is 0 Å². The van der Waals surface area contributed by atoms with Crippen LogP contribution in [-0.2, 0) is 15.4 Å². The van der Waals surface area contributed by atoms with Crippen LogP contribution in [0, 0.1) is 6.92 Å². The lowest BCUT2D eigenvalue weighted by Gasteiger charge is -2.34. The van der Waals surface area contributed by atoms with Gasteiger partial charge in [-0.15, -0.1) is 0 Å². The van der Waals surface area contributed by atoms with Gasteiger partial charge in [0, 0.05) is 10.6 Å². The van der Waals surface area contributed by atoms with E-state index in [1.807, 2.05) is 13.0 Å². The highest BCUT2D eigenvalue weighted by Gasteiger charge is 2.41. The molecule has 1 aliphatic heterocycles. The highest BCUT2D eigenvalue weighted by atomic mass is 35.5. The van der Waals surface area contributed by atoms with Crippen molar-refractivity contribution in [2.45, 2.75) is 23.8 Å². The van der Waals surface area contributed by atoms with Crippen LogP contribution in [0.3, 0.4) is 0 Å². The van der Waals surface area contributed by atoms with Gasteiger partial charge in [-0.2, -0.15) is 0 Å². The molecule has 1 N–H and O–H groups in total. The molecule has 2 aromatic rings. The van der Waals surface area contributed by atoms with Crippen LogP contribution in [-0.4, -0.2) is 19.3 Å². The minimum absolute atomic E-state index is 0.0774. The molecule has 0 aromatic heterocycles. The highest BCUT2D eigenvalue weighted by Crippen LogP contribution is 2.42. The van der Waals surface area contributed by atoms with Crippen molar-refractivity contribution in [3.05, 3.63) is 64.2 Å². The summed E-state index contributed by atoms with van der Waals surface area (Å²) < 4.78 is 24.4. The maximum absolute atomic E-state index is 12.2. The Bertz CT molecular complexity index is 814. The van der Waals surface area contributed by atoms with Gasteiger partial charge in [-0.05, 0) is 36.6 Å². The SMILES string of the molecule is Cc1ccc(C2(O)CCS(=O)(=O)c3ccccc32)cc1Cl. The van der Waals surface area contributed by atoms with Crippen molar-refractivity contribution in [1.29, 1.82) is 0 Å². The van der Waals surface area contributed by atoms with Crippen molar-refractivity contribution in [3.8, 4) is 0 Å². The summed E-state index contributed by atoms with van der Waals surface area (Å²) in [4.78, 5) is 0.204. The normalized spacial score (nSPS) is 23.6. The fourth-order valence-corrected chi connectivity index (χ4v) is 4.58. The molecule has 1 unspecified atom stereocenters. The van der Waals surface area contributed by atoms with Gasteiger partial charge in [-0.1, -0.05) is 41.9 Å². The third-order valence-corrected chi connectivity index (χ3v) is 6.22. The largest absolute Gasteiger partial charge is 0.380 e. The smallest absolute Gasteiger partial charge is 0.178 e. The molecule has 110 valence electrons. The zero-order valence-electron chi connectivity index (χ0n) is 11.5. The third-order valence-electron chi connectivity index (χ3n) is 4.05. The summed E-state index contributed by atoms with van der Waals surface area (Å²) in [6, 6.07) is 12.0. The second kappa shape index (κ2) is 4.83. The summed E-state index contributed by atoms with van der Waals surface area (Å²) in [5, 5.41) is 11.7. The van der Waals surface area contributed by atoms with Crippen LogP contribution in [0.25, 0.3) is 0 Å². The Morgan fingerprint density at radius 3 is 2.62 bits per heavy atom. The van der Waals surface area contributed by atoms with Crippen LogP contribution in [0.15, 0.2) is 47.4 Å². The van der Waals surface area contributed by atoms with Gasteiger partial charge >= 0.3 is 0 Å². The first kappa shape index (κ1) is 14.6. The van der Waals surface area contributed by atoms with E-state index in [2.05, 4.69) is 0 Å². The Labute approximate surface area is 129 Å². The second-order valence-electron chi connectivity index (χ2n) is 5.39. The van der Waals surface area contributed by atoms with Gasteiger partial charge in [0.1, 0.15) is 5.60 Å². The Kier molecular flexibility index (Phi) is 3.35. The molecule has 0 fully saturated rings. The molecule has 1 heterocycles. The lowest BCUT2D eigenvalue weighted by atomic mass is 9.83. The maximum Gasteiger partial charge on any atom is 0.178 e. The molecule has 21 heavy (non-hydrogen) atoms. The van der Waals surface area contributed by atoms with Crippen molar-refractivity contribution >= 4 is 21.4 Å². The van der Waals surface area contributed by atoms with Gasteiger partial charge in [-0.3, -0.25) is 0 Å². The molecule has 1 atom stereocenters. The van der Waals surface area contributed by atoms with Crippen LogP contribution >= 0.6 is 11.6 Å². The first-order chi connectivity index (χ1) is 9.84. The van der Waals surface area contributed by atoms with E-state index in [9.17, 15) is 13.5 Å². The zero-order chi connectivity index (χ0) is 15.3. The number of aryl methyl sites for hydroxylation is 1. The lowest BCUT2D eigenvalue weighted by Crippen LogP contribution is -2.36. The molecule has 0 aliphatic carbocycles. The van der Waals surface area contributed by atoms with Crippen molar-refractivity contribution in [2.24, 2.45) is 0 Å². The number of hydrogen-bond acceptors (Lipinski definition) is 3. The van der Waals surface area contributed by atoms with Crippen LogP contribution in [0.5, 0.6) is 0 Å². The number of aliphatic hydroxyl groups is 1. The van der Waals surface area contributed by atoms with E-state index in [1.54, 1.807) is 36.4 Å². The molecule has 1 aliphatic rings. The minimum Gasteiger partial charge on any atom is -0.380 e. The van der Waals surface area contributed by atoms with Crippen molar-refractivity contribution in [2.75, 3.05) is 5.75 Å². The van der Waals surface area contributed by atoms with Crippen LogP contribution in [0.1, 0.15) is 23.1 Å². The van der Waals surface area contributed by atoms with Gasteiger partial charge in [0.05, 0.1) is 10.6 Å². The molecular formula is C16H15ClO3S. The summed E-state index contributed by atoms with van der Waals surface area (Å²) in [7, 11) is -3.33. The van der Waals surface area contributed by atoms with Gasteiger partial charge in [0.25, 0.3) is 0 Å². The molecule has 0 saturated carbocycles. The van der Waals surface area contributed by atoms with Gasteiger partial charge in [-0.25, -0.2) is 8.42 Å². The Balaban J connectivity index is 2.25. The van der Waals surface area contributed by atoms with Gasteiger partial charge in [0.2, 0.25) is 0 Å². The Morgan fingerprint density at radius 2 is 1.90 bits per heavy atom. The molecule has 3 rings (SSSR count). The van der Waals surface area contributed by atoms with E-state index < -0.39 is 15.4 Å². The second-order valence-corrected chi connectivity index (χ2v) is 7.87. The summed E-state index contributed by atoms with van der Waals surface area (Å²) in [5.41, 5.74) is 0.650. The Morgan fingerprint density at radius 1 is 1.19 bits per heavy atom. The summed E-state index contributed by atoms with van der Waals surface area (Å²) in [5.74, 6) is -0.0774. The minimum atomic E-state index is -3.33. The molecule has 5 heteroatoms. The van der Waals surface area contributed by atoms with Gasteiger partial charge < -0.3 is 5.11 Å². The van der Waals surface area contributed by atoms with E-state index in [1.165, 1.54) is 0 Å². The third kappa shape index (κ3) is 2.27. The molecule has 0 radical (unpaired) electrons. The summed E-state index contributed by atoms with van der Waals surface area (Å²) in [6.07, 6.45) is 0.131. The molecule has 0 spiro atoms. The fraction of sp³-hybridized carbons (Fsp3) is 0.250. The number of rotatable bonds is 1. The van der Waals surface area contributed by atoms with Crippen molar-refractivity contribution < 1.29 is 13.5 Å². The van der Waals surface area contributed by atoms with E-state index in [4.69, 9.17) is 11.6 Å². The first-order valence-electron chi connectivity index (χ1n) is 6.66. The highest BCUT2D eigenvalue weighted by molar-refractivity contribution is 7.91. The predicted octanol–water partition coefficient (Wildman–Crippen LogP) is 3.06. The predicted molar refractivity (Wildman–Crippen MR) is 82.3 cm³/mol. The average molecular weight is 323 g/mol. The number of hydrogen-bond donors (Lipinski definition) is 1. The molecule has 0 bridgehead atoms. The van der Waals surface area contributed by atoms with E-state index in [0.29, 0.717) is 16.1 Å². The van der Waals surface area contributed by atoms with Crippen LogP contribution < -0.4 is 0 Å². The van der Waals surface area contributed by atoms with E-state index >= 15 is 0 Å². The maximum atomic E-state index is 12.2.